The predicted molar refractivity (Wildman–Crippen MR) is 85.0 cm³/mol. The van der Waals surface area contributed by atoms with Gasteiger partial charge in [0, 0.05) is 23.1 Å². The van der Waals surface area contributed by atoms with Crippen LogP contribution in [-0.2, 0) is 10.5 Å². The summed E-state index contributed by atoms with van der Waals surface area (Å²) < 4.78 is 5.62. The van der Waals surface area contributed by atoms with Crippen LogP contribution in [0.25, 0.3) is 11.1 Å². The fraction of sp³-hybridized carbons (Fsp3) is 0.154. The van der Waals surface area contributed by atoms with Gasteiger partial charge in [-0.15, -0.1) is 11.3 Å². The van der Waals surface area contributed by atoms with Crippen LogP contribution in [0.5, 0.6) is 0 Å². The molecule has 0 saturated heterocycles. The Morgan fingerprint density at radius 2 is 2.33 bits per heavy atom. The molecule has 0 spiro atoms. The van der Waals surface area contributed by atoms with E-state index in [9.17, 15) is 4.79 Å². The number of benzene rings is 1. The minimum Gasteiger partial charge on any atom is -0.431 e. The van der Waals surface area contributed by atoms with Crippen LogP contribution < -0.4 is 5.32 Å². The highest BCUT2D eigenvalue weighted by atomic mass is 35.5. The average molecular weight is 340 g/mol. The standard InChI is InChI=1S/C13H10ClN3O2S2/c1-7(18)15-12-16-9(5-20-12)6-21-13-17-10-4-8(14)2-3-11(10)19-13/h2-5H,6H2,1H3,(H,15,16,18). The lowest BCUT2D eigenvalue weighted by Gasteiger charge is -1.94. The maximum atomic E-state index is 10.9. The Morgan fingerprint density at radius 1 is 1.48 bits per heavy atom. The first kappa shape index (κ1) is 14.4. The zero-order valence-corrected chi connectivity index (χ0v) is 13.3. The summed E-state index contributed by atoms with van der Waals surface area (Å²) >= 11 is 8.76. The van der Waals surface area contributed by atoms with Gasteiger partial charge in [0.05, 0.1) is 5.69 Å². The van der Waals surface area contributed by atoms with E-state index in [1.165, 1.54) is 30.0 Å². The summed E-state index contributed by atoms with van der Waals surface area (Å²) in [7, 11) is 0. The molecule has 0 fully saturated rings. The molecule has 8 heteroatoms. The second kappa shape index (κ2) is 6.05. The van der Waals surface area contributed by atoms with E-state index >= 15 is 0 Å². The molecule has 1 amide bonds. The molecule has 2 heterocycles. The number of aromatic nitrogens is 2. The summed E-state index contributed by atoms with van der Waals surface area (Å²) in [5, 5.41) is 6.36. The van der Waals surface area contributed by atoms with Crippen LogP contribution in [0.15, 0.2) is 33.2 Å². The molecule has 2 aromatic heterocycles. The predicted octanol–water partition coefficient (Wildman–Crippen LogP) is 4.19. The van der Waals surface area contributed by atoms with Gasteiger partial charge in [-0.2, -0.15) is 0 Å². The van der Waals surface area contributed by atoms with Crippen LogP contribution in [0.4, 0.5) is 5.13 Å². The van der Waals surface area contributed by atoms with Gasteiger partial charge in [0.25, 0.3) is 5.22 Å². The van der Waals surface area contributed by atoms with Gasteiger partial charge in [-0.05, 0) is 18.2 Å². The first-order valence-corrected chi connectivity index (χ1v) is 8.25. The lowest BCUT2D eigenvalue weighted by atomic mass is 10.3. The number of amides is 1. The first-order valence-electron chi connectivity index (χ1n) is 6.01. The van der Waals surface area contributed by atoms with Crippen molar-refractivity contribution < 1.29 is 9.21 Å². The van der Waals surface area contributed by atoms with Crippen molar-refractivity contribution in [2.45, 2.75) is 17.9 Å². The minimum atomic E-state index is -0.126. The second-order valence-corrected chi connectivity index (χ2v) is 6.43. The minimum absolute atomic E-state index is 0.126. The quantitative estimate of drug-likeness (QED) is 0.722. The molecule has 1 aromatic carbocycles. The van der Waals surface area contributed by atoms with Crippen LogP contribution in [-0.4, -0.2) is 15.9 Å². The molecule has 0 bridgehead atoms. The number of anilines is 1. The van der Waals surface area contributed by atoms with Crippen molar-refractivity contribution in [1.29, 1.82) is 0 Å². The number of hydrogen-bond acceptors (Lipinski definition) is 6. The van der Waals surface area contributed by atoms with Crippen molar-refractivity contribution in [1.82, 2.24) is 9.97 Å². The van der Waals surface area contributed by atoms with E-state index in [4.69, 9.17) is 16.0 Å². The lowest BCUT2D eigenvalue weighted by molar-refractivity contribution is -0.114. The van der Waals surface area contributed by atoms with Gasteiger partial charge in [0.15, 0.2) is 10.7 Å². The number of carbonyl (C=O) groups excluding carboxylic acids is 1. The van der Waals surface area contributed by atoms with Gasteiger partial charge in [-0.1, -0.05) is 23.4 Å². The average Bonchev–Trinajstić information content (AvgIpc) is 3.01. The molecular weight excluding hydrogens is 330 g/mol. The molecule has 0 unspecified atom stereocenters. The Labute approximate surface area is 133 Å². The highest BCUT2D eigenvalue weighted by molar-refractivity contribution is 7.98. The number of nitrogens with zero attached hydrogens (tertiary/aromatic N) is 2. The van der Waals surface area contributed by atoms with Crippen LogP contribution in [0, 0.1) is 0 Å². The molecule has 3 aromatic rings. The summed E-state index contributed by atoms with van der Waals surface area (Å²) in [5.41, 5.74) is 2.32. The largest absolute Gasteiger partial charge is 0.431 e. The number of nitrogens with one attached hydrogen (secondary N) is 1. The summed E-state index contributed by atoms with van der Waals surface area (Å²) in [6.07, 6.45) is 0. The number of thioether (sulfide) groups is 1. The molecule has 108 valence electrons. The Kier molecular flexibility index (Phi) is 4.14. The molecule has 3 rings (SSSR count). The van der Waals surface area contributed by atoms with Crippen molar-refractivity contribution in [3.63, 3.8) is 0 Å². The Bertz CT molecular complexity index is 800. The molecule has 1 N–H and O–H groups in total. The topological polar surface area (TPSA) is 68.0 Å². The maximum Gasteiger partial charge on any atom is 0.257 e. The van der Waals surface area contributed by atoms with Crippen molar-refractivity contribution in [2.24, 2.45) is 0 Å². The van der Waals surface area contributed by atoms with Crippen molar-refractivity contribution in [3.05, 3.63) is 34.3 Å². The van der Waals surface area contributed by atoms with Crippen LogP contribution in [0.1, 0.15) is 12.6 Å². The van der Waals surface area contributed by atoms with Crippen molar-refractivity contribution >= 4 is 56.8 Å². The smallest absolute Gasteiger partial charge is 0.257 e. The van der Waals surface area contributed by atoms with Crippen LogP contribution >= 0.6 is 34.7 Å². The zero-order chi connectivity index (χ0) is 14.8. The SMILES string of the molecule is CC(=O)Nc1nc(CSc2nc3cc(Cl)ccc3o2)cs1. The van der Waals surface area contributed by atoms with E-state index in [1.807, 2.05) is 5.38 Å². The Hall–Kier alpha value is -1.57. The van der Waals surface area contributed by atoms with E-state index in [-0.39, 0.29) is 5.91 Å². The second-order valence-electron chi connectivity index (χ2n) is 4.21. The summed E-state index contributed by atoms with van der Waals surface area (Å²) in [4.78, 5) is 19.6. The van der Waals surface area contributed by atoms with Gasteiger partial charge in [0.2, 0.25) is 5.91 Å². The summed E-state index contributed by atoms with van der Waals surface area (Å²) in [6.45, 7) is 1.46. The third-order valence-corrected chi connectivity index (χ3v) is 4.41. The summed E-state index contributed by atoms with van der Waals surface area (Å²) in [5.74, 6) is 0.496. The highest BCUT2D eigenvalue weighted by Crippen LogP contribution is 2.28. The third-order valence-electron chi connectivity index (χ3n) is 2.51. The highest BCUT2D eigenvalue weighted by Gasteiger charge is 2.09. The van der Waals surface area contributed by atoms with E-state index in [0.717, 1.165) is 11.2 Å². The molecule has 0 radical (unpaired) electrons. The maximum absolute atomic E-state index is 10.9. The molecule has 0 aliphatic rings. The van der Waals surface area contributed by atoms with E-state index in [1.54, 1.807) is 18.2 Å². The molecule has 21 heavy (non-hydrogen) atoms. The van der Waals surface area contributed by atoms with Crippen LogP contribution in [0.3, 0.4) is 0 Å². The normalized spacial score (nSPS) is 11.0. The molecule has 0 saturated carbocycles. The third kappa shape index (κ3) is 3.55. The van der Waals surface area contributed by atoms with E-state index < -0.39 is 0 Å². The number of fused-ring (bicyclic) bond motifs is 1. The first-order chi connectivity index (χ1) is 10.1. The van der Waals surface area contributed by atoms with Gasteiger partial charge in [-0.3, -0.25) is 4.79 Å². The van der Waals surface area contributed by atoms with Gasteiger partial charge >= 0.3 is 0 Å². The lowest BCUT2D eigenvalue weighted by Crippen LogP contribution is -2.05. The van der Waals surface area contributed by atoms with Crippen molar-refractivity contribution in [3.8, 4) is 0 Å². The molecule has 0 aliphatic heterocycles. The van der Waals surface area contributed by atoms with Crippen LogP contribution in [0.2, 0.25) is 5.02 Å². The number of halogens is 1. The Balaban J connectivity index is 1.68. The fourth-order valence-corrected chi connectivity index (χ4v) is 3.42. The van der Waals surface area contributed by atoms with Crippen molar-refractivity contribution in [2.75, 3.05) is 5.32 Å². The number of thiazole rings is 1. The van der Waals surface area contributed by atoms with E-state index in [0.29, 0.717) is 26.7 Å². The Morgan fingerprint density at radius 3 is 3.14 bits per heavy atom. The molecular formula is C13H10ClN3O2S2. The number of oxazole rings is 1. The zero-order valence-electron chi connectivity index (χ0n) is 10.9. The fourth-order valence-electron chi connectivity index (χ4n) is 1.66. The van der Waals surface area contributed by atoms with Gasteiger partial charge < -0.3 is 9.73 Å². The van der Waals surface area contributed by atoms with Gasteiger partial charge in [-0.25, -0.2) is 9.97 Å². The number of hydrogen-bond donors (Lipinski definition) is 1. The number of carbonyl (C=O) groups is 1. The number of rotatable bonds is 4. The summed E-state index contributed by atoms with van der Waals surface area (Å²) in [6, 6.07) is 5.33. The molecule has 0 atom stereocenters. The molecule has 5 nitrogen and oxygen atoms in total. The van der Waals surface area contributed by atoms with Gasteiger partial charge in [0.1, 0.15) is 5.52 Å². The molecule has 0 aliphatic carbocycles. The monoisotopic (exact) mass is 339 g/mol. The van der Waals surface area contributed by atoms with E-state index in [2.05, 4.69) is 15.3 Å².